The van der Waals surface area contributed by atoms with E-state index in [9.17, 15) is 9.18 Å². The summed E-state index contributed by atoms with van der Waals surface area (Å²) < 4.78 is 16.0. The van der Waals surface area contributed by atoms with Crippen molar-refractivity contribution < 1.29 is 34.4 Å². The zero-order valence-electron chi connectivity index (χ0n) is 24.9. The average Bonchev–Trinajstić information content (AvgIpc) is 3.47. The van der Waals surface area contributed by atoms with Gasteiger partial charge in [-0.05, 0) is 70.1 Å². The van der Waals surface area contributed by atoms with Crippen LogP contribution in [0.2, 0.25) is 0 Å². The predicted molar refractivity (Wildman–Crippen MR) is 182 cm³/mol. The summed E-state index contributed by atoms with van der Waals surface area (Å²) in [7, 11) is 0. The summed E-state index contributed by atoms with van der Waals surface area (Å²) in [6.45, 7) is 4.65. The minimum atomic E-state index is -0.163. The van der Waals surface area contributed by atoms with Crippen LogP contribution < -0.4 is 0 Å². The molecule has 0 unspecified atom stereocenters. The van der Waals surface area contributed by atoms with E-state index in [1.54, 1.807) is 18.3 Å². The van der Waals surface area contributed by atoms with Gasteiger partial charge in [0.05, 0.1) is 5.76 Å². The summed E-state index contributed by atoms with van der Waals surface area (Å²) in [5.74, 6) is -0.225. The van der Waals surface area contributed by atoms with E-state index in [0.29, 0.717) is 10.9 Å². The number of benzene rings is 5. The number of ketones is 1. The molecule has 3 nitrogen and oxygen atoms in total. The van der Waals surface area contributed by atoms with Gasteiger partial charge in [0, 0.05) is 42.6 Å². The molecule has 1 N–H and O–H groups in total. The van der Waals surface area contributed by atoms with Crippen molar-refractivity contribution in [2.75, 3.05) is 0 Å². The number of hydrogen-bond donors (Lipinski definition) is 1. The Morgan fingerprint density at radius 3 is 2.07 bits per heavy atom. The number of aliphatic hydroxyl groups is 1. The summed E-state index contributed by atoms with van der Waals surface area (Å²) in [6.07, 6.45) is 2.99. The Morgan fingerprint density at radius 1 is 0.800 bits per heavy atom. The monoisotopic (exact) mass is 787 g/mol. The van der Waals surface area contributed by atoms with Crippen molar-refractivity contribution in [1.29, 1.82) is 0 Å². The van der Waals surface area contributed by atoms with Gasteiger partial charge in [0.2, 0.25) is 0 Å². The predicted octanol–water partition coefficient (Wildman–Crippen LogP) is 10.9. The van der Waals surface area contributed by atoms with Gasteiger partial charge in [0.25, 0.3) is 0 Å². The number of aromatic nitrogens is 1. The second kappa shape index (κ2) is 13.7. The first-order chi connectivity index (χ1) is 21.3. The molecule has 5 aromatic carbocycles. The Hall–Kier alpha value is -4.48. The van der Waals surface area contributed by atoms with Crippen molar-refractivity contribution in [3.8, 4) is 32.8 Å². The summed E-state index contributed by atoms with van der Waals surface area (Å²) in [5, 5.41) is 13.1. The Labute approximate surface area is 279 Å². The Balaban J connectivity index is 0.000000452. The van der Waals surface area contributed by atoms with Crippen LogP contribution in [0.25, 0.3) is 64.5 Å². The van der Waals surface area contributed by atoms with Crippen LogP contribution in [0.3, 0.4) is 0 Å². The molecule has 6 heteroatoms. The maximum Gasteiger partial charge on any atom is 0.155 e. The van der Waals surface area contributed by atoms with Gasteiger partial charge in [-0.15, -0.1) is 17.7 Å². The minimum absolute atomic E-state index is 0. The minimum Gasteiger partial charge on any atom is -0.512 e. The Kier molecular flexibility index (Phi) is 9.69. The van der Waals surface area contributed by atoms with Crippen LogP contribution in [0.4, 0.5) is 4.39 Å². The van der Waals surface area contributed by atoms with Crippen molar-refractivity contribution in [1.82, 2.24) is 4.98 Å². The van der Waals surface area contributed by atoms with Gasteiger partial charge in [-0.3, -0.25) is 4.79 Å². The molecule has 0 aliphatic rings. The topological polar surface area (TPSA) is 50.2 Å². The largest absolute Gasteiger partial charge is 0.512 e. The fourth-order valence-corrected chi connectivity index (χ4v) is 6.54. The summed E-state index contributed by atoms with van der Waals surface area (Å²) >= 11 is 1.75. The smallest absolute Gasteiger partial charge is 0.155 e. The number of aryl methyl sites for hydroxylation is 1. The molecule has 45 heavy (non-hydrogen) atoms. The van der Waals surface area contributed by atoms with Gasteiger partial charge < -0.3 is 10.1 Å². The van der Waals surface area contributed by atoms with E-state index >= 15 is 0 Å². The molecule has 225 valence electrons. The summed E-state index contributed by atoms with van der Waals surface area (Å²) in [4.78, 5) is 16.0. The molecule has 0 saturated heterocycles. The first-order valence-corrected chi connectivity index (χ1v) is 15.1. The van der Waals surface area contributed by atoms with E-state index in [4.69, 9.17) is 10.1 Å². The fourth-order valence-electron chi connectivity index (χ4n) is 5.45. The zero-order chi connectivity index (χ0) is 30.8. The quantitative estimate of drug-likeness (QED) is 0.0837. The fraction of sp³-hybridized carbons (Fsp3) is 0.0769. The number of carbonyl (C=O) groups excluding carboxylic acids is 1. The third-order valence-electron chi connectivity index (χ3n) is 7.44. The van der Waals surface area contributed by atoms with Crippen LogP contribution in [-0.4, -0.2) is 15.9 Å². The van der Waals surface area contributed by atoms with Gasteiger partial charge >= 0.3 is 0 Å². The number of pyridine rings is 1. The number of aliphatic hydroxyl groups excluding tert-OH is 1. The standard InChI is InChI=1S/C34H21FNS.C5H8O2.Ir/c1-21-12-13-25-26-16-17-36-34(28(26)15-14-27(25)33(21)35)24-18-29(22-8-4-2-5-9-22)30-20-31(37-32(30)19-24)23-10-6-3-7-11-23;1-4(6)3-5(2)7;/h2-18,20H,1H3;3,6H,1-2H3;/q-1;;/b;4-3-;. The van der Waals surface area contributed by atoms with Crippen LogP contribution in [0, 0.1) is 18.8 Å². The molecule has 0 spiro atoms. The number of hydrogen-bond acceptors (Lipinski definition) is 4. The van der Waals surface area contributed by atoms with Crippen LogP contribution >= 0.6 is 11.3 Å². The van der Waals surface area contributed by atoms with Gasteiger partial charge in [-0.2, -0.15) is 11.3 Å². The summed E-state index contributed by atoms with van der Waals surface area (Å²) in [5.41, 5.74) is 5.95. The van der Waals surface area contributed by atoms with Crippen molar-refractivity contribution in [3.63, 3.8) is 0 Å². The van der Waals surface area contributed by atoms with E-state index in [1.807, 2.05) is 48.7 Å². The SMILES string of the molecule is CC(=O)/C=C(/C)O.Cc1ccc2c(ccc3c(-c4[c-]c5sc(-c6ccccc6)cc5c(-c5ccccc5)c4)nccc32)c1F.[Ir]. The van der Waals surface area contributed by atoms with E-state index in [2.05, 4.69) is 66.7 Å². The molecule has 2 heterocycles. The van der Waals surface area contributed by atoms with E-state index < -0.39 is 0 Å². The molecular weight excluding hydrogens is 758 g/mol. The second-order valence-electron chi connectivity index (χ2n) is 10.7. The van der Waals surface area contributed by atoms with E-state index in [1.165, 1.54) is 35.8 Å². The molecule has 2 aromatic heterocycles. The average molecular weight is 787 g/mol. The molecule has 0 aliphatic carbocycles. The maximum absolute atomic E-state index is 14.9. The van der Waals surface area contributed by atoms with Crippen LogP contribution in [-0.2, 0) is 24.9 Å². The first-order valence-electron chi connectivity index (χ1n) is 14.3. The van der Waals surface area contributed by atoms with E-state index in [-0.39, 0.29) is 37.5 Å². The molecule has 7 aromatic rings. The maximum atomic E-state index is 14.9. The number of halogens is 1. The third-order valence-corrected chi connectivity index (χ3v) is 8.54. The third kappa shape index (κ3) is 6.64. The number of thiophene rings is 1. The first kappa shape index (κ1) is 31.9. The molecule has 0 saturated carbocycles. The van der Waals surface area contributed by atoms with Gasteiger partial charge in [-0.1, -0.05) is 102 Å². The molecule has 0 amide bonds. The number of fused-ring (bicyclic) bond motifs is 4. The van der Waals surface area contributed by atoms with Gasteiger partial charge in [0.1, 0.15) is 5.82 Å². The van der Waals surface area contributed by atoms with Crippen LogP contribution in [0.1, 0.15) is 19.4 Å². The molecule has 0 atom stereocenters. The summed E-state index contributed by atoms with van der Waals surface area (Å²) in [6, 6.07) is 38.8. The van der Waals surface area contributed by atoms with Crippen molar-refractivity contribution >= 4 is 48.8 Å². The molecule has 0 bridgehead atoms. The van der Waals surface area contributed by atoms with Crippen molar-refractivity contribution in [3.05, 3.63) is 139 Å². The zero-order valence-corrected chi connectivity index (χ0v) is 28.1. The molecule has 1 radical (unpaired) electrons. The number of rotatable bonds is 4. The van der Waals surface area contributed by atoms with Crippen molar-refractivity contribution in [2.45, 2.75) is 20.8 Å². The molecular formula is C39H29FIrNO2S-. The molecule has 0 fully saturated rings. The van der Waals surface area contributed by atoms with Crippen molar-refractivity contribution in [2.24, 2.45) is 0 Å². The van der Waals surface area contributed by atoms with E-state index in [0.717, 1.165) is 43.2 Å². The Bertz CT molecular complexity index is 2190. The van der Waals surface area contributed by atoms with Gasteiger partial charge in [-0.25, -0.2) is 4.39 Å². The number of carbonyl (C=O) groups is 1. The van der Waals surface area contributed by atoms with Crippen LogP contribution in [0.5, 0.6) is 0 Å². The van der Waals surface area contributed by atoms with Gasteiger partial charge in [0.15, 0.2) is 5.78 Å². The Morgan fingerprint density at radius 2 is 1.42 bits per heavy atom. The number of nitrogens with zero attached hydrogens (tertiary/aromatic N) is 1. The number of allylic oxidation sites excluding steroid dienone is 2. The second-order valence-corrected chi connectivity index (χ2v) is 11.7. The molecule has 7 rings (SSSR count). The normalized spacial score (nSPS) is 11.2. The molecule has 0 aliphatic heterocycles. The van der Waals surface area contributed by atoms with Crippen LogP contribution in [0.15, 0.2) is 121 Å².